The van der Waals surface area contributed by atoms with Gasteiger partial charge in [0.15, 0.2) is 0 Å². The standard InChI is InChI=1S/C93H133N19O15/c1-51(2)31-58(39-100-87(121)65-21-12-25-74(65)106-81(115)36-60(32-52(3)4)103-89(123)67-23-14-24-73(67)102-53(5)113)85(119)109-77-47-98-44-71(77)92(126)111-79-49-96-42-69(79)90(124)104-61(34-54-15-7-6-8-16-54)37-82(116)107-75-26-13-22-66(75)88(122)101-40-59(33-55-27-29-63(114)30-28-55)86(120)110-78-48-99-45-72(78)93(127)112-80-50-97-43-70(80)91(125)105-62(35-57-19-11-18-56-17-9-10-20-64(56)57)38-83(117)108-76-46-95-41-68(76)84(94)118/h6-11,15-20,27-30,51-52,58-62,65-80,95-99,114H,12-14,21-26,31-50H2,1-5H3,(H2,94,118)(H,100,121)(H,101,122)(H,102,113)(H,103,123)(H,104,124)(H,105,125)(H,106,115)(H,107,116)(H,108,117)(H,109,119)(H,110,120)(H,111,126)(H,112,127)/t58-,59-,60-,61-,62-,65?,66?,67?,68?,69?,70?,71?,72?,73?,74?,75?,76?,77?,78?,79?,80?/m0/s1. The Morgan fingerprint density at radius 2 is 0.756 bits per heavy atom. The Labute approximate surface area is 742 Å². The summed E-state index contributed by atoms with van der Waals surface area (Å²) in [6.07, 6.45) is 7.04. The lowest BCUT2D eigenvalue weighted by Gasteiger charge is -2.28. The van der Waals surface area contributed by atoms with Gasteiger partial charge in [0.1, 0.15) is 5.75 Å². The molecule has 0 aromatic heterocycles. The van der Waals surface area contributed by atoms with Crippen LogP contribution in [0.4, 0.5) is 0 Å². The number of aromatic hydroxyl groups is 1. The van der Waals surface area contributed by atoms with E-state index in [-0.39, 0.29) is 180 Å². The van der Waals surface area contributed by atoms with Crippen LogP contribution in [-0.4, -0.2) is 233 Å². The zero-order chi connectivity index (χ0) is 90.4. The van der Waals surface area contributed by atoms with Crippen molar-refractivity contribution in [3.8, 4) is 5.75 Å². The van der Waals surface area contributed by atoms with Gasteiger partial charge in [-0.25, -0.2) is 0 Å². The Morgan fingerprint density at radius 1 is 0.362 bits per heavy atom. The molecule has 127 heavy (non-hydrogen) atoms. The van der Waals surface area contributed by atoms with E-state index >= 15 is 0 Å². The van der Waals surface area contributed by atoms with Crippen LogP contribution in [0.5, 0.6) is 5.75 Å². The van der Waals surface area contributed by atoms with Gasteiger partial charge >= 0.3 is 0 Å². The maximum Gasteiger partial charge on any atom is 0.226 e. The number of nitrogens with two attached hydrogens (primary N) is 1. The third-order valence-electron chi connectivity index (χ3n) is 26.8. The van der Waals surface area contributed by atoms with E-state index in [2.05, 4.69) is 95.7 Å². The molecule has 0 spiro atoms. The van der Waals surface area contributed by atoms with Crippen LogP contribution in [0.1, 0.15) is 141 Å². The van der Waals surface area contributed by atoms with E-state index in [0.29, 0.717) is 95.8 Å². The van der Waals surface area contributed by atoms with Gasteiger partial charge in [0.25, 0.3) is 0 Å². The smallest absolute Gasteiger partial charge is 0.226 e. The average molecular weight is 1760 g/mol. The van der Waals surface area contributed by atoms with Crippen LogP contribution < -0.4 is 101 Å². The van der Waals surface area contributed by atoms with E-state index in [1.54, 1.807) is 12.1 Å². The number of hydrogen-bond donors (Lipinski definition) is 20. The molecule has 8 fully saturated rings. The number of hydrogen-bond acceptors (Lipinski definition) is 20. The zero-order valence-electron chi connectivity index (χ0n) is 73.8. The molecule has 5 aliphatic heterocycles. The van der Waals surface area contributed by atoms with Crippen molar-refractivity contribution in [1.29, 1.82) is 0 Å². The Bertz CT molecular complexity index is 4520. The van der Waals surface area contributed by atoms with Crippen LogP contribution in [0, 0.1) is 71.0 Å². The van der Waals surface area contributed by atoms with E-state index in [1.165, 1.54) is 19.1 Å². The molecule has 5 heterocycles. The number of phenols is 1. The summed E-state index contributed by atoms with van der Waals surface area (Å²) in [5.74, 6) is -11.3. The van der Waals surface area contributed by atoms with Crippen LogP contribution in [0.3, 0.4) is 0 Å². The van der Waals surface area contributed by atoms with Gasteiger partial charge in [-0.1, -0.05) is 132 Å². The summed E-state index contributed by atoms with van der Waals surface area (Å²) in [7, 11) is 0. The molecule has 4 aromatic carbocycles. The zero-order valence-corrected chi connectivity index (χ0v) is 73.8. The molecule has 3 aliphatic carbocycles. The lowest BCUT2D eigenvalue weighted by atomic mass is 9.93. The van der Waals surface area contributed by atoms with Crippen molar-refractivity contribution < 1.29 is 72.2 Å². The van der Waals surface area contributed by atoms with Crippen LogP contribution >= 0.6 is 0 Å². The quantitative estimate of drug-likeness (QED) is 0.0270. The fourth-order valence-corrected chi connectivity index (χ4v) is 20.2. The van der Waals surface area contributed by atoms with E-state index in [1.807, 2.05) is 100 Å². The first kappa shape index (κ1) is 95.4. The summed E-state index contributed by atoms with van der Waals surface area (Å²) >= 11 is 0. The number of rotatable bonds is 41. The lowest BCUT2D eigenvalue weighted by molar-refractivity contribution is -0.132. The molecule has 4 aromatic rings. The van der Waals surface area contributed by atoms with Crippen LogP contribution in [0.15, 0.2) is 97.1 Å². The highest BCUT2D eigenvalue weighted by Crippen LogP contribution is 2.32. The van der Waals surface area contributed by atoms with Crippen molar-refractivity contribution in [2.45, 2.75) is 210 Å². The minimum atomic E-state index is -0.872. The maximum atomic E-state index is 14.7. The Balaban J connectivity index is 0.615. The molecule has 21 atom stereocenters. The largest absolute Gasteiger partial charge is 0.508 e. The molecule has 0 radical (unpaired) electrons. The van der Waals surface area contributed by atoms with E-state index in [4.69, 9.17) is 5.73 Å². The monoisotopic (exact) mass is 1760 g/mol. The van der Waals surface area contributed by atoms with Crippen molar-refractivity contribution in [3.63, 3.8) is 0 Å². The maximum absolute atomic E-state index is 14.7. The Hall–Kier alpha value is -10.7. The average Bonchev–Trinajstić information content (AvgIpc) is 1.81. The van der Waals surface area contributed by atoms with Gasteiger partial charge in [-0.05, 0) is 122 Å². The van der Waals surface area contributed by atoms with Gasteiger partial charge in [0.05, 0.1) is 89.4 Å². The van der Waals surface area contributed by atoms with Crippen LogP contribution in [0.2, 0.25) is 0 Å². The number of carbonyl (C=O) groups is 14. The highest BCUT2D eigenvalue weighted by molar-refractivity contribution is 5.91. The second-order valence-electron chi connectivity index (χ2n) is 37.4. The van der Waals surface area contributed by atoms with Crippen molar-refractivity contribution in [3.05, 3.63) is 114 Å². The molecule has 3 saturated carbocycles. The van der Waals surface area contributed by atoms with Crippen LogP contribution in [0.25, 0.3) is 10.8 Å². The number of carbonyl (C=O) groups excluding carboxylic acids is 14. The minimum Gasteiger partial charge on any atom is -0.508 e. The van der Waals surface area contributed by atoms with Crippen LogP contribution in [-0.2, 0) is 86.4 Å². The fourth-order valence-electron chi connectivity index (χ4n) is 20.2. The molecule has 16 unspecified atom stereocenters. The van der Waals surface area contributed by atoms with Crippen molar-refractivity contribution in [2.75, 3.05) is 78.5 Å². The molecular formula is C93H133N19O15. The predicted molar refractivity (Wildman–Crippen MR) is 475 cm³/mol. The molecule has 21 N–H and O–H groups in total. The first-order chi connectivity index (χ1) is 61.1. The van der Waals surface area contributed by atoms with Gasteiger partial charge in [-0.3, -0.25) is 67.1 Å². The van der Waals surface area contributed by atoms with Gasteiger partial charge in [-0.2, -0.15) is 0 Å². The second-order valence-corrected chi connectivity index (χ2v) is 37.4. The first-order valence-electron chi connectivity index (χ1n) is 46.0. The summed E-state index contributed by atoms with van der Waals surface area (Å²) < 4.78 is 0. The van der Waals surface area contributed by atoms with Gasteiger partial charge in [0, 0.05) is 141 Å². The van der Waals surface area contributed by atoms with E-state index in [0.717, 1.165) is 28.3 Å². The molecular weight excluding hydrogens is 1620 g/mol. The normalized spacial score (nSPS) is 26.7. The Kier molecular flexibility index (Phi) is 34.4. The number of primary amides is 1. The topological polar surface area (TPSA) is 502 Å². The predicted octanol–water partition coefficient (Wildman–Crippen LogP) is -0.364. The van der Waals surface area contributed by atoms with Crippen molar-refractivity contribution >= 4 is 93.5 Å². The molecule has 8 aliphatic rings. The summed E-state index contributed by atoms with van der Waals surface area (Å²) in [6, 6.07) is 23.2. The van der Waals surface area contributed by atoms with Gasteiger partial charge in [0.2, 0.25) is 82.7 Å². The molecule has 34 nitrogen and oxygen atoms in total. The molecule has 690 valence electrons. The SMILES string of the molecule is CC(=O)NC1CCCC1C(=O)N[C@H](CC(=O)NC1CCCC1C(=O)NC[C@H](CC(C)C)C(=O)NC1CNCC1C(=O)NC1CNCC1C(=O)N[C@H](CC(=O)NC1CCCC1C(=O)NC[C@H](Cc1ccc(O)cc1)C(=O)NC1CNCC1C(=O)NC1CNCC1C(=O)N[C@H](CC(=O)NC1CNCC1C(N)=O)Cc1cccc2ccccc12)Cc1ccccc1)CC(C)C. The second kappa shape index (κ2) is 45.8. The van der Waals surface area contributed by atoms with Gasteiger partial charge < -0.3 is 107 Å². The van der Waals surface area contributed by atoms with Gasteiger partial charge in [-0.15, -0.1) is 0 Å². The number of nitrogens with one attached hydrogen (secondary N) is 18. The Morgan fingerprint density at radius 3 is 1.26 bits per heavy atom. The van der Waals surface area contributed by atoms with E-state index < -0.39 is 137 Å². The highest BCUT2D eigenvalue weighted by atomic mass is 16.3. The third-order valence-corrected chi connectivity index (χ3v) is 26.8. The van der Waals surface area contributed by atoms with Crippen molar-refractivity contribution in [1.82, 2.24) is 95.7 Å². The molecule has 5 saturated heterocycles. The highest BCUT2D eigenvalue weighted by Gasteiger charge is 2.46. The molecule has 34 heteroatoms. The summed E-state index contributed by atoms with van der Waals surface area (Å²) in [6.45, 7) is 12.0. The first-order valence-corrected chi connectivity index (χ1v) is 46.0. The summed E-state index contributed by atoms with van der Waals surface area (Å²) in [5, 5.41) is 68.2. The summed E-state index contributed by atoms with van der Waals surface area (Å²) in [4.78, 5) is 195. The number of amides is 14. The number of benzene rings is 4. The molecule has 0 bridgehead atoms. The number of phenolic OH excluding ortho intramolecular Hbond substituents is 1. The van der Waals surface area contributed by atoms with Crippen molar-refractivity contribution in [2.24, 2.45) is 76.7 Å². The minimum absolute atomic E-state index is 0.0229. The molecule has 14 amide bonds. The molecule has 12 rings (SSSR count). The fraction of sp³-hybridized carbons (Fsp3) is 0.613. The number of fused-ring (bicyclic) bond motifs is 1. The lowest BCUT2D eigenvalue weighted by Crippen LogP contribution is -2.54. The van der Waals surface area contributed by atoms with E-state index in [9.17, 15) is 72.2 Å². The summed E-state index contributed by atoms with van der Waals surface area (Å²) in [5.41, 5.74) is 8.13. The third kappa shape index (κ3) is 27.0.